The summed E-state index contributed by atoms with van der Waals surface area (Å²) in [5, 5.41) is 25.0. The largest absolute Gasteiger partial charge is 0.477 e. The van der Waals surface area contributed by atoms with E-state index in [0.29, 0.717) is 5.56 Å². The average Bonchev–Trinajstić information content (AvgIpc) is 2.60. The van der Waals surface area contributed by atoms with E-state index in [1.165, 1.54) is 48.7 Å². The van der Waals surface area contributed by atoms with Gasteiger partial charge in [-0.15, -0.1) is 0 Å². The first-order valence-electron chi connectivity index (χ1n) is 6.90. The molecule has 0 saturated heterocycles. The lowest BCUT2D eigenvalue weighted by molar-refractivity contribution is -0.385. The van der Waals surface area contributed by atoms with Crippen LogP contribution in [0.25, 0.3) is 0 Å². The SMILES string of the molecule is O=C(COc1ccccc1[N+](=O)[O-])N/N=C\c1ccc([N+](=O)[O-])cc1. The van der Waals surface area contributed by atoms with Gasteiger partial charge in [-0.1, -0.05) is 12.1 Å². The van der Waals surface area contributed by atoms with E-state index in [-0.39, 0.29) is 17.1 Å². The first kappa shape index (κ1) is 17.5. The fourth-order valence-corrected chi connectivity index (χ4v) is 1.77. The molecule has 0 aliphatic rings. The number of carbonyl (C=O) groups excluding carboxylic acids is 1. The minimum atomic E-state index is -0.615. The molecule has 2 aromatic rings. The number of benzene rings is 2. The molecule has 2 rings (SSSR count). The van der Waals surface area contributed by atoms with Gasteiger partial charge in [0, 0.05) is 18.2 Å². The first-order valence-corrected chi connectivity index (χ1v) is 6.90. The summed E-state index contributed by atoms with van der Waals surface area (Å²) >= 11 is 0. The van der Waals surface area contributed by atoms with Gasteiger partial charge < -0.3 is 4.74 Å². The maximum atomic E-state index is 11.6. The van der Waals surface area contributed by atoms with Crippen molar-refractivity contribution < 1.29 is 19.4 Å². The topological polar surface area (TPSA) is 137 Å². The van der Waals surface area contributed by atoms with Crippen molar-refractivity contribution >= 4 is 23.5 Å². The van der Waals surface area contributed by atoms with Gasteiger partial charge in [-0.25, -0.2) is 5.43 Å². The highest BCUT2D eigenvalue weighted by molar-refractivity contribution is 5.83. The van der Waals surface area contributed by atoms with Crippen LogP contribution in [-0.4, -0.2) is 28.6 Å². The molecule has 0 heterocycles. The summed E-state index contributed by atoms with van der Waals surface area (Å²) < 4.78 is 5.10. The van der Waals surface area contributed by atoms with Crippen LogP contribution >= 0.6 is 0 Å². The highest BCUT2D eigenvalue weighted by Crippen LogP contribution is 2.25. The van der Waals surface area contributed by atoms with Crippen LogP contribution in [0.1, 0.15) is 5.56 Å². The second-order valence-corrected chi connectivity index (χ2v) is 4.66. The number of rotatable bonds is 7. The zero-order valence-corrected chi connectivity index (χ0v) is 12.7. The fraction of sp³-hybridized carbons (Fsp3) is 0.0667. The predicted molar refractivity (Wildman–Crippen MR) is 87.4 cm³/mol. The summed E-state index contributed by atoms with van der Waals surface area (Å²) in [5.74, 6) is -0.640. The molecule has 128 valence electrons. The summed E-state index contributed by atoms with van der Waals surface area (Å²) in [7, 11) is 0. The third kappa shape index (κ3) is 5.10. The molecule has 0 radical (unpaired) electrons. The first-order chi connectivity index (χ1) is 12.0. The number of hydrogen-bond acceptors (Lipinski definition) is 7. The summed E-state index contributed by atoms with van der Waals surface area (Å²) in [4.78, 5) is 31.8. The maximum Gasteiger partial charge on any atom is 0.310 e. The molecule has 10 nitrogen and oxygen atoms in total. The highest BCUT2D eigenvalue weighted by atomic mass is 16.6. The lowest BCUT2D eigenvalue weighted by Crippen LogP contribution is -2.24. The molecule has 2 aromatic carbocycles. The van der Waals surface area contributed by atoms with Crippen molar-refractivity contribution in [3.05, 3.63) is 74.3 Å². The van der Waals surface area contributed by atoms with Crippen LogP contribution in [0, 0.1) is 20.2 Å². The van der Waals surface area contributed by atoms with Crippen LogP contribution < -0.4 is 10.2 Å². The number of nitrogens with one attached hydrogen (secondary N) is 1. The van der Waals surface area contributed by atoms with Crippen molar-refractivity contribution in [1.29, 1.82) is 0 Å². The molecule has 0 aliphatic heterocycles. The molecule has 10 heteroatoms. The quantitative estimate of drug-likeness (QED) is 0.463. The van der Waals surface area contributed by atoms with Gasteiger partial charge in [0.25, 0.3) is 11.6 Å². The number of hydrazone groups is 1. The number of non-ortho nitro benzene ring substituents is 1. The molecule has 0 atom stereocenters. The molecule has 1 N–H and O–H groups in total. The van der Waals surface area contributed by atoms with Crippen molar-refractivity contribution in [1.82, 2.24) is 5.43 Å². The van der Waals surface area contributed by atoms with Gasteiger partial charge >= 0.3 is 5.69 Å². The Kier molecular flexibility index (Phi) is 5.72. The summed E-state index contributed by atoms with van der Waals surface area (Å²) in [5.41, 5.74) is 2.43. The average molecular weight is 344 g/mol. The van der Waals surface area contributed by atoms with E-state index in [4.69, 9.17) is 4.74 Å². The lowest BCUT2D eigenvalue weighted by Gasteiger charge is -2.05. The molecule has 0 aliphatic carbocycles. The van der Waals surface area contributed by atoms with E-state index >= 15 is 0 Å². The van der Waals surface area contributed by atoms with Crippen LogP contribution in [0.3, 0.4) is 0 Å². The summed E-state index contributed by atoms with van der Waals surface area (Å²) in [6.45, 7) is -0.456. The number of para-hydroxylation sites is 2. The van der Waals surface area contributed by atoms with Gasteiger partial charge in [0.15, 0.2) is 12.4 Å². The molecule has 0 saturated carbocycles. The Morgan fingerprint density at radius 3 is 2.40 bits per heavy atom. The Labute approximate surface area is 141 Å². The lowest BCUT2D eigenvalue weighted by atomic mass is 10.2. The van der Waals surface area contributed by atoms with Gasteiger partial charge in [-0.3, -0.25) is 25.0 Å². The van der Waals surface area contributed by atoms with Crippen molar-refractivity contribution in [2.45, 2.75) is 0 Å². The van der Waals surface area contributed by atoms with Gasteiger partial charge in [0.2, 0.25) is 0 Å². The van der Waals surface area contributed by atoms with E-state index < -0.39 is 22.4 Å². The summed E-state index contributed by atoms with van der Waals surface area (Å²) in [6, 6.07) is 11.2. The van der Waals surface area contributed by atoms with E-state index in [0.717, 1.165) is 0 Å². The van der Waals surface area contributed by atoms with Crippen LogP contribution in [0.5, 0.6) is 5.75 Å². The fourth-order valence-electron chi connectivity index (χ4n) is 1.77. The van der Waals surface area contributed by atoms with Crippen LogP contribution in [0.2, 0.25) is 0 Å². The second kappa shape index (κ2) is 8.15. The summed E-state index contributed by atoms with van der Waals surface area (Å²) in [6.07, 6.45) is 1.30. The molecular formula is C15H12N4O6. The molecule has 0 bridgehead atoms. The normalized spacial score (nSPS) is 10.4. The van der Waals surface area contributed by atoms with E-state index in [9.17, 15) is 25.0 Å². The number of nitro benzene ring substituents is 2. The number of nitro groups is 2. The highest BCUT2D eigenvalue weighted by Gasteiger charge is 2.14. The molecule has 0 unspecified atom stereocenters. The van der Waals surface area contributed by atoms with Crippen molar-refractivity contribution in [2.24, 2.45) is 5.10 Å². The second-order valence-electron chi connectivity index (χ2n) is 4.66. The number of ether oxygens (including phenoxy) is 1. The molecule has 0 spiro atoms. The molecule has 25 heavy (non-hydrogen) atoms. The molecule has 0 aromatic heterocycles. The third-order valence-electron chi connectivity index (χ3n) is 2.93. The van der Waals surface area contributed by atoms with Crippen molar-refractivity contribution in [3.63, 3.8) is 0 Å². The van der Waals surface area contributed by atoms with Gasteiger partial charge in [-0.05, 0) is 23.8 Å². The van der Waals surface area contributed by atoms with Gasteiger partial charge in [-0.2, -0.15) is 5.10 Å². The number of nitrogens with zero attached hydrogens (tertiary/aromatic N) is 3. The minimum absolute atomic E-state index is 0.0259. The van der Waals surface area contributed by atoms with Crippen LogP contribution in [-0.2, 0) is 4.79 Å². The van der Waals surface area contributed by atoms with Crippen LogP contribution in [0.4, 0.5) is 11.4 Å². The molecule has 0 fully saturated rings. The van der Waals surface area contributed by atoms with E-state index in [1.807, 2.05) is 0 Å². The molecular weight excluding hydrogens is 332 g/mol. The smallest absolute Gasteiger partial charge is 0.310 e. The molecule has 1 amide bonds. The number of carbonyl (C=O) groups is 1. The van der Waals surface area contributed by atoms with Crippen molar-refractivity contribution in [3.8, 4) is 5.75 Å². The Morgan fingerprint density at radius 2 is 1.76 bits per heavy atom. The predicted octanol–water partition coefficient (Wildman–Crippen LogP) is 2.03. The van der Waals surface area contributed by atoms with E-state index in [2.05, 4.69) is 10.5 Å². The Morgan fingerprint density at radius 1 is 1.08 bits per heavy atom. The van der Waals surface area contributed by atoms with Crippen molar-refractivity contribution in [2.75, 3.05) is 6.61 Å². The Bertz CT molecular complexity index is 819. The van der Waals surface area contributed by atoms with Crippen LogP contribution in [0.15, 0.2) is 53.6 Å². The monoisotopic (exact) mass is 344 g/mol. The Balaban J connectivity index is 1.86. The van der Waals surface area contributed by atoms with Gasteiger partial charge in [0.1, 0.15) is 0 Å². The number of amides is 1. The Hall–Kier alpha value is -3.82. The maximum absolute atomic E-state index is 11.6. The zero-order chi connectivity index (χ0) is 18.2. The third-order valence-corrected chi connectivity index (χ3v) is 2.93. The zero-order valence-electron chi connectivity index (χ0n) is 12.7. The van der Waals surface area contributed by atoms with E-state index in [1.54, 1.807) is 6.07 Å². The standard InChI is InChI=1S/C15H12N4O6/c20-15(10-25-14-4-2-1-3-13(14)19(23)24)17-16-9-11-5-7-12(8-6-11)18(21)22/h1-9H,10H2,(H,17,20)/b16-9-. The number of hydrogen-bond donors (Lipinski definition) is 1. The minimum Gasteiger partial charge on any atom is -0.477 e. The van der Waals surface area contributed by atoms with Gasteiger partial charge in [0.05, 0.1) is 16.1 Å².